The lowest BCUT2D eigenvalue weighted by atomic mass is 10.1. The van der Waals surface area contributed by atoms with Crippen LogP contribution in [-0.4, -0.2) is 20.9 Å². The predicted molar refractivity (Wildman–Crippen MR) is 148 cm³/mol. The molecule has 0 aliphatic heterocycles. The van der Waals surface area contributed by atoms with Crippen molar-refractivity contribution in [3.05, 3.63) is 114 Å². The summed E-state index contributed by atoms with van der Waals surface area (Å²) >= 11 is 0. The number of amides is 1. The average Bonchev–Trinajstić information content (AvgIpc) is 2.90. The van der Waals surface area contributed by atoms with E-state index in [0.29, 0.717) is 22.9 Å². The molecular weight excluding hydrogens is 484 g/mol. The molecule has 4 aromatic carbocycles. The number of nitrogens with one attached hydrogen (secondary N) is 1. The van der Waals surface area contributed by atoms with E-state index in [9.17, 15) is 13.2 Å². The first kappa shape index (κ1) is 26.0. The summed E-state index contributed by atoms with van der Waals surface area (Å²) in [6.07, 6.45) is 0.742. The molecular formula is C30H30N2O4S. The number of para-hydroxylation sites is 2. The molecule has 0 aliphatic rings. The molecule has 0 atom stereocenters. The van der Waals surface area contributed by atoms with Gasteiger partial charge in [0.2, 0.25) is 5.91 Å². The number of carbonyl (C=O) groups excluding carboxylic acids is 1. The first-order valence-corrected chi connectivity index (χ1v) is 13.5. The molecule has 0 radical (unpaired) electrons. The van der Waals surface area contributed by atoms with Crippen molar-refractivity contribution in [1.82, 2.24) is 0 Å². The molecule has 4 aromatic rings. The quantitative estimate of drug-likeness (QED) is 0.277. The van der Waals surface area contributed by atoms with Crippen LogP contribution in [0.3, 0.4) is 0 Å². The van der Waals surface area contributed by atoms with Crippen molar-refractivity contribution in [2.24, 2.45) is 0 Å². The van der Waals surface area contributed by atoms with Gasteiger partial charge in [0.25, 0.3) is 10.0 Å². The molecule has 0 fully saturated rings. The molecule has 1 amide bonds. The Morgan fingerprint density at radius 3 is 2.11 bits per heavy atom. The maximum absolute atomic E-state index is 13.7. The summed E-state index contributed by atoms with van der Waals surface area (Å²) in [5.74, 6) is 0.799. The van der Waals surface area contributed by atoms with Crippen molar-refractivity contribution in [3.8, 4) is 11.5 Å². The number of benzene rings is 4. The Morgan fingerprint density at radius 1 is 0.811 bits per heavy atom. The minimum absolute atomic E-state index is 0.112. The van der Waals surface area contributed by atoms with Crippen molar-refractivity contribution in [1.29, 1.82) is 0 Å². The third-order valence-electron chi connectivity index (χ3n) is 6.00. The van der Waals surface area contributed by atoms with Crippen LogP contribution in [0.2, 0.25) is 0 Å². The second kappa shape index (κ2) is 11.3. The minimum atomic E-state index is -4.02. The van der Waals surface area contributed by atoms with Crippen LogP contribution in [0.4, 0.5) is 11.4 Å². The van der Waals surface area contributed by atoms with Crippen LogP contribution in [0, 0.1) is 13.8 Å². The lowest BCUT2D eigenvalue weighted by molar-refractivity contribution is -0.114. The number of aryl methyl sites for hydroxylation is 3. The lowest BCUT2D eigenvalue weighted by Crippen LogP contribution is -2.38. The predicted octanol–water partition coefficient (Wildman–Crippen LogP) is 6.49. The number of nitrogens with zero attached hydrogens (tertiary/aromatic N) is 1. The molecule has 190 valence electrons. The normalized spacial score (nSPS) is 11.1. The maximum Gasteiger partial charge on any atom is 0.264 e. The zero-order valence-corrected chi connectivity index (χ0v) is 22.0. The smallest absolute Gasteiger partial charge is 0.264 e. The largest absolute Gasteiger partial charge is 0.457 e. The van der Waals surface area contributed by atoms with Gasteiger partial charge in [0.05, 0.1) is 10.6 Å². The number of hydrogen-bond donors (Lipinski definition) is 1. The highest BCUT2D eigenvalue weighted by Gasteiger charge is 2.27. The number of ether oxygens (including phenoxy) is 1. The fraction of sp³-hybridized carbons (Fsp3) is 0.167. The van der Waals surface area contributed by atoms with Gasteiger partial charge in [0.1, 0.15) is 18.0 Å². The van der Waals surface area contributed by atoms with Gasteiger partial charge in [-0.1, -0.05) is 61.0 Å². The first-order chi connectivity index (χ1) is 17.8. The third kappa shape index (κ3) is 6.19. The zero-order chi connectivity index (χ0) is 26.4. The van der Waals surface area contributed by atoms with Crippen LogP contribution in [-0.2, 0) is 21.2 Å². The molecule has 0 bridgehead atoms. The van der Waals surface area contributed by atoms with E-state index in [4.69, 9.17) is 4.74 Å². The van der Waals surface area contributed by atoms with Crippen molar-refractivity contribution in [2.75, 3.05) is 16.2 Å². The van der Waals surface area contributed by atoms with Gasteiger partial charge < -0.3 is 10.1 Å². The van der Waals surface area contributed by atoms with Gasteiger partial charge in [-0.2, -0.15) is 0 Å². The molecule has 0 aromatic heterocycles. The first-order valence-electron chi connectivity index (χ1n) is 12.1. The number of carbonyl (C=O) groups is 1. The highest BCUT2D eigenvalue weighted by molar-refractivity contribution is 7.92. The molecule has 4 rings (SSSR count). The summed E-state index contributed by atoms with van der Waals surface area (Å²) in [4.78, 5) is 13.3. The average molecular weight is 515 g/mol. The fourth-order valence-electron chi connectivity index (χ4n) is 3.97. The summed E-state index contributed by atoms with van der Waals surface area (Å²) in [7, 11) is -4.02. The fourth-order valence-corrected chi connectivity index (χ4v) is 5.39. The Labute approximate surface area is 218 Å². The van der Waals surface area contributed by atoms with Crippen molar-refractivity contribution in [2.45, 2.75) is 32.1 Å². The van der Waals surface area contributed by atoms with Gasteiger partial charge in [0.15, 0.2) is 0 Å². The molecule has 0 spiro atoms. The van der Waals surface area contributed by atoms with Crippen molar-refractivity contribution in [3.63, 3.8) is 0 Å². The Morgan fingerprint density at radius 2 is 1.46 bits per heavy atom. The van der Waals surface area contributed by atoms with E-state index >= 15 is 0 Å². The molecule has 0 unspecified atom stereocenters. The van der Waals surface area contributed by atoms with E-state index in [1.807, 2.05) is 69.3 Å². The lowest BCUT2D eigenvalue weighted by Gasteiger charge is -2.25. The van der Waals surface area contributed by atoms with E-state index in [-0.39, 0.29) is 11.4 Å². The van der Waals surface area contributed by atoms with Crippen molar-refractivity contribution < 1.29 is 17.9 Å². The van der Waals surface area contributed by atoms with E-state index in [1.165, 1.54) is 0 Å². The number of rotatable bonds is 9. The molecule has 0 aliphatic carbocycles. The Bertz CT molecular complexity index is 1470. The van der Waals surface area contributed by atoms with Crippen LogP contribution in [0.1, 0.15) is 23.6 Å². The summed E-state index contributed by atoms with van der Waals surface area (Å²) in [6.45, 7) is 5.44. The van der Waals surface area contributed by atoms with E-state index in [0.717, 1.165) is 27.4 Å². The van der Waals surface area contributed by atoms with E-state index in [2.05, 4.69) is 5.32 Å². The van der Waals surface area contributed by atoms with Gasteiger partial charge in [-0.15, -0.1) is 0 Å². The monoisotopic (exact) mass is 514 g/mol. The number of sulfonamides is 1. The topological polar surface area (TPSA) is 75.7 Å². The van der Waals surface area contributed by atoms with Gasteiger partial charge in [-0.3, -0.25) is 9.10 Å². The molecule has 0 saturated carbocycles. The molecule has 6 nitrogen and oxygen atoms in total. The van der Waals surface area contributed by atoms with Crippen LogP contribution in [0.25, 0.3) is 0 Å². The standard InChI is InChI=1S/C30H30N2O4S/c1-4-24-10-8-9-23(3)30(24)31-29(33)21-32(37(34,35)28-19-13-22(2)14-20-28)25-15-17-27(18-16-25)36-26-11-6-5-7-12-26/h5-20H,4,21H2,1-3H3,(H,31,33). The molecule has 0 saturated heterocycles. The van der Waals surface area contributed by atoms with Crippen LogP contribution >= 0.6 is 0 Å². The van der Waals surface area contributed by atoms with Crippen LogP contribution in [0.5, 0.6) is 11.5 Å². The molecule has 0 heterocycles. The van der Waals surface area contributed by atoms with Crippen LogP contribution in [0.15, 0.2) is 102 Å². The minimum Gasteiger partial charge on any atom is -0.457 e. The Hall–Kier alpha value is -4.10. The molecule has 37 heavy (non-hydrogen) atoms. The summed E-state index contributed by atoms with van der Waals surface area (Å²) < 4.78 is 34.4. The summed E-state index contributed by atoms with van der Waals surface area (Å²) in [6, 6.07) is 28.4. The zero-order valence-electron chi connectivity index (χ0n) is 21.1. The van der Waals surface area contributed by atoms with Gasteiger partial charge in [-0.25, -0.2) is 8.42 Å². The Kier molecular flexibility index (Phi) is 7.94. The Balaban J connectivity index is 1.65. The van der Waals surface area contributed by atoms with E-state index < -0.39 is 15.9 Å². The van der Waals surface area contributed by atoms with Crippen LogP contribution < -0.4 is 14.4 Å². The van der Waals surface area contributed by atoms with Crippen molar-refractivity contribution >= 4 is 27.3 Å². The maximum atomic E-state index is 13.7. The molecule has 1 N–H and O–H groups in total. The molecule has 7 heteroatoms. The van der Waals surface area contributed by atoms with Gasteiger partial charge in [0, 0.05) is 5.69 Å². The van der Waals surface area contributed by atoms with Gasteiger partial charge >= 0.3 is 0 Å². The highest BCUT2D eigenvalue weighted by Crippen LogP contribution is 2.29. The number of anilines is 2. The second-order valence-electron chi connectivity index (χ2n) is 8.74. The number of hydrogen-bond acceptors (Lipinski definition) is 4. The summed E-state index contributed by atoms with van der Waals surface area (Å²) in [5, 5.41) is 2.94. The second-order valence-corrected chi connectivity index (χ2v) is 10.6. The highest BCUT2D eigenvalue weighted by atomic mass is 32.2. The van der Waals surface area contributed by atoms with E-state index in [1.54, 1.807) is 48.5 Å². The summed E-state index contributed by atoms with van der Waals surface area (Å²) in [5.41, 5.74) is 3.93. The third-order valence-corrected chi connectivity index (χ3v) is 7.79. The van der Waals surface area contributed by atoms with Gasteiger partial charge in [-0.05, 0) is 79.9 Å². The SMILES string of the molecule is CCc1cccc(C)c1NC(=O)CN(c1ccc(Oc2ccccc2)cc1)S(=O)(=O)c1ccc(C)cc1.